The average Bonchev–Trinajstić information content (AvgIpc) is 3.15. The predicted octanol–water partition coefficient (Wildman–Crippen LogP) is 2.00. The van der Waals surface area contributed by atoms with Crippen molar-refractivity contribution in [2.45, 2.75) is 26.1 Å². The number of hydrogen-bond donors (Lipinski definition) is 2. The Balaban J connectivity index is 1.56. The highest BCUT2D eigenvalue weighted by Crippen LogP contribution is 2.25. The molecule has 9 heteroatoms. The number of hydrazone groups is 1. The van der Waals surface area contributed by atoms with Crippen molar-refractivity contribution in [3.63, 3.8) is 0 Å². The summed E-state index contributed by atoms with van der Waals surface area (Å²) in [6.07, 6.45) is 4.56. The fourth-order valence-corrected chi connectivity index (χ4v) is 4.27. The number of aromatic nitrogens is 2. The summed E-state index contributed by atoms with van der Waals surface area (Å²) in [5, 5.41) is 9.31. The number of fused-ring (bicyclic) bond motifs is 2. The Kier molecular flexibility index (Phi) is 5.01. The minimum absolute atomic E-state index is 0.185. The molecule has 3 aromatic rings. The van der Waals surface area contributed by atoms with E-state index in [0.717, 1.165) is 5.56 Å². The van der Waals surface area contributed by atoms with Gasteiger partial charge in [-0.15, -0.1) is 0 Å². The van der Waals surface area contributed by atoms with Crippen LogP contribution in [-0.4, -0.2) is 38.7 Å². The molecular formula is C24H23N7O2. The highest BCUT2D eigenvalue weighted by Gasteiger charge is 2.41. The number of benzene rings is 2. The lowest BCUT2D eigenvalue weighted by Crippen LogP contribution is -2.45. The summed E-state index contributed by atoms with van der Waals surface area (Å²) in [7, 11) is 0. The molecule has 0 aliphatic carbocycles. The normalized spacial score (nSPS) is 19.9. The molecule has 1 amide bonds. The highest BCUT2D eigenvalue weighted by molar-refractivity contribution is 6.04. The van der Waals surface area contributed by atoms with Crippen molar-refractivity contribution < 1.29 is 4.79 Å². The Morgan fingerprint density at radius 3 is 2.73 bits per heavy atom. The number of allylic oxidation sites excluding steroid dienone is 1. The van der Waals surface area contributed by atoms with Gasteiger partial charge >= 0.3 is 0 Å². The molecule has 3 unspecified atom stereocenters. The Morgan fingerprint density at radius 1 is 1.15 bits per heavy atom. The van der Waals surface area contributed by atoms with Gasteiger partial charge in [0, 0.05) is 12.4 Å². The molecule has 2 aliphatic heterocycles. The van der Waals surface area contributed by atoms with Gasteiger partial charge in [-0.05, 0) is 43.7 Å². The van der Waals surface area contributed by atoms with Crippen LogP contribution < -0.4 is 16.6 Å². The van der Waals surface area contributed by atoms with E-state index < -0.39 is 18.1 Å². The second-order valence-electron chi connectivity index (χ2n) is 8.08. The van der Waals surface area contributed by atoms with E-state index in [1.807, 2.05) is 49.4 Å². The topological polar surface area (TPSA) is 118 Å². The summed E-state index contributed by atoms with van der Waals surface area (Å²) >= 11 is 0. The van der Waals surface area contributed by atoms with Gasteiger partial charge in [0.2, 0.25) is 5.91 Å². The number of nitrogens with zero attached hydrogens (tertiary/aromatic N) is 5. The summed E-state index contributed by atoms with van der Waals surface area (Å²) in [4.78, 5) is 36.0. The third kappa shape index (κ3) is 3.47. The first kappa shape index (κ1) is 20.6. The molecule has 0 fully saturated rings. The fourth-order valence-electron chi connectivity index (χ4n) is 4.27. The van der Waals surface area contributed by atoms with Crippen LogP contribution in [0.5, 0.6) is 0 Å². The number of hydrogen-bond acceptors (Lipinski definition) is 7. The standard InChI is InChI=1S/C24H23N7O2/c1-14-8-6-11-17-18(14)24(33)31(16-9-4-3-5-10-16)21(28-17)15(2)27-23(32)19-20(25)29-30-13-7-12-26-22(19)30/h3-13,15,19,22H,1-2H3,(H2,25,29)(H,27,32). The molecule has 3 atom stereocenters. The monoisotopic (exact) mass is 441 g/mol. The van der Waals surface area contributed by atoms with Gasteiger partial charge in [-0.1, -0.05) is 30.3 Å². The van der Waals surface area contributed by atoms with Crippen LogP contribution in [0.2, 0.25) is 0 Å². The van der Waals surface area contributed by atoms with Crippen LogP contribution in [0.25, 0.3) is 16.6 Å². The average molecular weight is 441 g/mol. The maximum atomic E-state index is 13.6. The number of rotatable bonds is 4. The first-order valence-electron chi connectivity index (χ1n) is 10.7. The summed E-state index contributed by atoms with van der Waals surface area (Å²) in [6, 6.07) is 14.3. The van der Waals surface area contributed by atoms with E-state index in [1.54, 1.807) is 41.1 Å². The van der Waals surface area contributed by atoms with Crippen molar-refractivity contribution in [3.05, 3.63) is 82.5 Å². The molecule has 0 spiro atoms. The van der Waals surface area contributed by atoms with Crippen LogP contribution in [0.3, 0.4) is 0 Å². The zero-order chi connectivity index (χ0) is 23.1. The van der Waals surface area contributed by atoms with Crippen molar-refractivity contribution in [2.24, 2.45) is 21.7 Å². The molecule has 5 rings (SSSR count). The van der Waals surface area contributed by atoms with Gasteiger partial charge < -0.3 is 11.1 Å². The summed E-state index contributed by atoms with van der Waals surface area (Å²) < 4.78 is 1.56. The van der Waals surface area contributed by atoms with Crippen molar-refractivity contribution in [1.29, 1.82) is 0 Å². The minimum atomic E-state index is -0.742. The van der Waals surface area contributed by atoms with Crippen molar-refractivity contribution in [1.82, 2.24) is 19.9 Å². The fraction of sp³-hybridized carbons (Fsp3) is 0.208. The minimum Gasteiger partial charge on any atom is -0.385 e. The molecule has 2 aromatic carbocycles. The van der Waals surface area contributed by atoms with Gasteiger partial charge in [0.05, 0.1) is 22.6 Å². The second kappa shape index (κ2) is 8.01. The number of carbonyl (C=O) groups is 1. The van der Waals surface area contributed by atoms with Crippen LogP contribution in [0.1, 0.15) is 24.4 Å². The van der Waals surface area contributed by atoms with E-state index in [4.69, 9.17) is 10.7 Å². The lowest BCUT2D eigenvalue weighted by molar-refractivity contribution is -0.124. The quantitative estimate of drug-likeness (QED) is 0.642. The summed E-state index contributed by atoms with van der Waals surface area (Å²) in [6.45, 7) is 3.68. The number of amides is 1. The Morgan fingerprint density at radius 2 is 1.94 bits per heavy atom. The molecular weight excluding hydrogens is 418 g/mol. The third-order valence-corrected chi connectivity index (χ3v) is 5.86. The maximum Gasteiger partial charge on any atom is 0.266 e. The third-order valence-electron chi connectivity index (χ3n) is 5.86. The second-order valence-corrected chi connectivity index (χ2v) is 8.08. The molecule has 9 nitrogen and oxygen atoms in total. The Hall–Kier alpha value is -4.27. The smallest absolute Gasteiger partial charge is 0.266 e. The van der Waals surface area contributed by atoms with Crippen molar-refractivity contribution >= 4 is 28.9 Å². The number of amidine groups is 1. The van der Waals surface area contributed by atoms with Crippen LogP contribution in [-0.2, 0) is 4.79 Å². The van der Waals surface area contributed by atoms with E-state index >= 15 is 0 Å². The van der Waals surface area contributed by atoms with Gasteiger partial charge in [-0.2, -0.15) is 5.10 Å². The van der Waals surface area contributed by atoms with Gasteiger partial charge in [-0.25, -0.2) is 9.99 Å². The van der Waals surface area contributed by atoms with E-state index in [2.05, 4.69) is 15.4 Å². The molecule has 0 bridgehead atoms. The van der Waals surface area contributed by atoms with E-state index in [1.165, 1.54) is 0 Å². The van der Waals surface area contributed by atoms with E-state index in [0.29, 0.717) is 22.4 Å². The van der Waals surface area contributed by atoms with Crippen molar-refractivity contribution in [3.8, 4) is 5.69 Å². The lowest BCUT2D eigenvalue weighted by Gasteiger charge is -2.25. The number of aryl methyl sites for hydroxylation is 1. The molecule has 1 aromatic heterocycles. The first-order chi connectivity index (χ1) is 16.0. The van der Waals surface area contributed by atoms with Gasteiger partial charge in [0.1, 0.15) is 17.6 Å². The van der Waals surface area contributed by atoms with Crippen molar-refractivity contribution in [2.75, 3.05) is 0 Å². The molecule has 3 heterocycles. The molecule has 33 heavy (non-hydrogen) atoms. The Labute approximate surface area is 190 Å². The first-order valence-corrected chi connectivity index (χ1v) is 10.7. The Bertz CT molecular complexity index is 1390. The van der Waals surface area contributed by atoms with Crippen LogP contribution >= 0.6 is 0 Å². The molecule has 0 saturated carbocycles. The van der Waals surface area contributed by atoms with Gasteiger partial charge in [0.25, 0.3) is 5.56 Å². The largest absolute Gasteiger partial charge is 0.385 e. The predicted molar refractivity (Wildman–Crippen MR) is 127 cm³/mol. The zero-order valence-corrected chi connectivity index (χ0v) is 18.2. The molecule has 2 aliphatic rings. The number of carbonyl (C=O) groups excluding carboxylic acids is 1. The summed E-state index contributed by atoms with van der Waals surface area (Å²) in [5.74, 6) is -0.457. The molecule has 3 N–H and O–H groups in total. The van der Waals surface area contributed by atoms with Gasteiger partial charge in [-0.3, -0.25) is 19.1 Å². The number of para-hydroxylation sites is 1. The zero-order valence-electron chi connectivity index (χ0n) is 18.2. The van der Waals surface area contributed by atoms with Crippen LogP contribution in [0.15, 0.2) is 75.7 Å². The highest BCUT2D eigenvalue weighted by atomic mass is 16.2. The number of nitrogens with one attached hydrogen (secondary N) is 1. The maximum absolute atomic E-state index is 13.6. The SMILES string of the molecule is Cc1cccc2nc(C(C)NC(=O)C3C(N)=NN4C=CC=NC34)n(-c3ccccc3)c(=O)c12. The number of nitrogens with two attached hydrogens (primary N) is 1. The number of aliphatic imine (C=N–C) groups is 1. The molecule has 166 valence electrons. The van der Waals surface area contributed by atoms with Crippen LogP contribution in [0, 0.1) is 12.8 Å². The van der Waals surface area contributed by atoms with E-state index in [-0.39, 0.29) is 17.3 Å². The van der Waals surface area contributed by atoms with E-state index in [9.17, 15) is 9.59 Å². The van der Waals surface area contributed by atoms with Crippen LogP contribution in [0.4, 0.5) is 0 Å². The lowest BCUT2D eigenvalue weighted by atomic mass is 10.0. The van der Waals surface area contributed by atoms with Gasteiger partial charge in [0.15, 0.2) is 6.17 Å². The molecule has 0 saturated heterocycles. The summed E-state index contributed by atoms with van der Waals surface area (Å²) in [5.41, 5.74) is 7.97. The molecule has 0 radical (unpaired) electrons.